The number of piperidine rings is 1. The first-order valence-electron chi connectivity index (χ1n) is 13.4. The van der Waals surface area contributed by atoms with Crippen molar-refractivity contribution < 1.29 is 14.3 Å². The molecule has 6 rings (SSSR count). The van der Waals surface area contributed by atoms with Crippen LogP contribution in [0.4, 0.5) is 0 Å². The molecule has 0 aliphatic carbocycles. The summed E-state index contributed by atoms with van der Waals surface area (Å²) in [6.07, 6.45) is 3.64. The molecular formula is C31H31N5O3. The summed E-state index contributed by atoms with van der Waals surface area (Å²) < 4.78 is 13.1. The number of aromatic nitrogens is 3. The Kier molecular flexibility index (Phi) is 6.53. The van der Waals surface area contributed by atoms with Gasteiger partial charge in [-0.2, -0.15) is 5.26 Å². The first-order chi connectivity index (χ1) is 18.9. The largest absolute Gasteiger partial charge is 0.469 e. The van der Waals surface area contributed by atoms with Crippen LogP contribution in [0.15, 0.2) is 48.7 Å². The number of hydrogen-bond acceptors (Lipinski definition) is 6. The molecule has 4 heterocycles. The number of carbonyl (C=O) groups excluding carboxylic acids is 1. The molecule has 0 atom stereocenters. The highest BCUT2D eigenvalue weighted by Gasteiger charge is 2.27. The van der Waals surface area contributed by atoms with Crippen LogP contribution in [0, 0.1) is 25.2 Å². The van der Waals surface area contributed by atoms with Crippen LogP contribution >= 0.6 is 0 Å². The zero-order valence-electron chi connectivity index (χ0n) is 22.5. The number of hydrogen-bond donors (Lipinski definition) is 0. The summed E-state index contributed by atoms with van der Waals surface area (Å²) in [6, 6.07) is 15.9. The van der Waals surface area contributed by atoms with Crippen LogP contribution in [-0.2, 0) is 11.8 Å². The van der Waals surface area contributed by atoms with Gasteiger partial charge in [0.25, 0.3) is 5.91 Å². The van der Waals surface area contributed by atoms with Crippen molar-refractivity contribution >= 4 is 16.9 Å². The van der Waals surface area contributed by atoms with Crippen molar-refractivity contribution in [3.05, 3.63) is 76.5 Å². The highest BCUT2D eigenvalue weighted by Crippen LogP contribution is 2.32. The van der Waals surface area contributed by atoms with E-state index in [9.17, 15) is 4.79 Å². The third-order valence-electron chi connectivity index (χ3n) is 7.97. The lowest BCUT2D eigenvalue weighted by Crippen LogP contribution is -2.38. The van der Waals surface area contributed by atoms with E-state index in [0.717, 1.165) is 46.4 Å². The maximum atomic E-state index is 13.7. The average molecular weight is 522 g/mol. The van der Waals surface area contributed by atoms with Gasteiger partial charge in [-0.25, -0.2) is 9.97 Å². The molecule has 0 N–H and O–H groups in total. The Morgan fingerprint density at radius 1 is 1.08 bits per heavy atom. The minimum absolute atomic E-state index is 0.0419. The molecule has 8 nitrogen and oxygen atoms in total. The summed E-state index contributed by atoms with van der Waals surface area (Å²) in [5, 5.41) is 9.07. The van der Waals surface area contributed by atoms with Gasteiger partial charge < -0.3 is 18.9 Å². The summed E-state index contributed by atoms with van der Waals surface area (Å²) in [4.78, 5) is 25.1. The second-order valence-electron chi connectivity index (χ2n) is 10.6. The van der Waals surface area contributed by atoms with Crippen LogP contribution in [0.2, 0.25) is 0 Å². The predicted octanol–water partition coefficient (Wildman–Crippen LogP) is 4.92. The van der Waals surface area contributed by atoms with Crippen molar-refractivity contribution in [1.82, 2.24) is 19.4 Å². The van der Waals surface area contributed by atoms with Gasteiger partial charge in [0, 0.05) is 37.3 Å². The molecule has 2 saturated heterocycles. The molecule has 8 heteroatoms. The fourth-order valence-electron chi connectivity index (χ4n) is 5.57. The molecule has 0 unspecified atom stereocenters. The monoisotopic (exact) mass is 521 g/mol. The fraction of sp³-hybridized carbons (Fsp3) is 0.355. The van der Waals surface area contributed by atoms with E-state index >= 15 is 0 Å². The molecule has 198 valence electrons. The van der Waals surface area contributed by atoms with Gasteiger partial charge >= 0.3 is 0 Å². The Labute approximate surface area is 227 Å². The van der Waals surface area contributed by atoms with Crippen molar-refractivity contribution in [2.24, 2.45) is 7.05 Å². The number of likely N-dealkylation sites (tertiary alicyclic amines) is 1. The Hall–Kier alpha value is -4.22. The summed E-state index contributed by atoms with van der Waals surface area (Å²) in [7, 11) is 1.97. The quantitative estimate of drug-likeness (QED) is 0.370. The maximum absolute atomic E-state index is 13.7. The number of pyridine rings is 1. The number of rotatable bonds is 5. The zero-order valence-corrected chi connectivity index (χ0v) is 22.5. The molecule has 2 aliphatic rings. The Bertz CT molecular complexity index is 1590. The third-order valence-corrected chi connectivity index (χ3v) is 7.97. The summed E-state index contributed by atoms with van der Waals surface area (Å²) in [5.41, 5.74) is 7.30. The number of imidazole rings is 1. The van der Waals surface area contributed by atoms with E-state index in [1.165, 1.54) is 5.56 Å². The number of aryl methyl sites for hydroxylation is 3. The Morgan fingerprint density at radius 3 is 2.49 bits per heavy atom. The number of nitriles is 1. The molecule has 2 fully saturated rings. The molecule has 0 saturated carbocycles. The van der Waals surface area contributed by atoms with Gasteiger partial charge in [-0.15, -0.1) is 0 Å². The van der Waals surface area contributed by atoms with E-state index in [2.05, 4.69) is 24.0 Å². The van der Waals surface area contributed by atoms with Gasteiger partial charge in [-0.1, -0.05) is 18.2 Å². The minimum atomic E-state index is 0.0419. The second kappa shape index (κ2) is 10.2. The lowest BCUT2D eigenvalue weighted by molar-refractivity contribution is -0.0812. The van der Waals surface area contributed by atoms with E-state index < -0.39 is 0 Å². The van der Waals surface area contributed by atoms with Crippen LogP contribution in [0.1, 0.15) is 51.4 Å². The number of fused-ring (bicyclic) bond motifs is 1. The number of ether oxygens (including phenoxy) is 2. The van der Waals surface area contributed by atoms with Gasteiger partial charge in [0.05, 0.1) is 42.1 Å². The number of carbonyl (C=O) groups is 1. The lowest BCUT2D eigenvalue weighted by Gasteiger charge is -2.33. The van der Waals surface area contributed by atoms with Crippen LogP contribution in [0.25, 0.3) is 22.4 Å². The highest BCUT2D eigenvalue weighted by molar-refractivity contribution is 5.97. The summed E-state index contributed by atoms with van der Waals surface area (Å²) in [5.74, 6) is 1.80. The first kappa shape index (κ1) is 25.1. The van der Waals surface area contributed by atoms with Crippen LogP contribution in [-0.4, -0.2) is 57.7 Å². The second-order valence-corrected chi connectivity index (χ2v) is 10.6. The Balaban J connectivity index is 1.23. The Morgan fingerprint density at radius 2 is 1.82 bits per heavy atom. The van der Waals surface area contributed by atoms with Gasteiger partial charge in [0.15, 0.2) is 0 Å². The third kappa shape index (κ3) is 4.75. The first-order valence-corrected chi connectivity index (χ1v) is 13.4. The standard InChI is InChI=1S/C31H31N5O3/c1-19-12-20(2)26(31(37)36-10-8-23(9-11-36)22-6-4-21(15-32)5-7-22)13-25(19)30-34-27-14-29(39-24-17-38-18-24)33-16-28(27)35(30)3/h4-7,12-14,16,23-24H,8-11,17-18H2,1-3H3. The zero-order chi connectivity index (χ0) is 27.1. The van der Waals surface area contributed by atoms with E-state index in [1.807, 2.05) is 59.8 Å². The topological polar surface area (TPSA) is 93.3 Å². The van der Waals surface area contributed by atoms with Gasteiger partial charge in [-0.05, 0) is 67.5 Å². The van der Waals surface area contributed by atoms with Gasteiger partial charge in [0.1, 0.15) is 11.9 Å². The highest BCUT2D eigenvalue weighted by atomic mass is 16.6. The van der Waals surface area contributed by atoms with Crippen LogP contribution in [0.3, 0.4) is 0 Å². The SMILES string of the molecule is Cc1cc(C)c(-c2nc3cc(OC4COC4)ncc3n2C)cc1C(=O)N1CCC(c2ccc(C#N)cc2)CC1. The molecule has 0 radical (unpaired) electrons. The normalized spacial score (nSPS) is 16.2. The van der Waals surface area contributed by atoms with Crippen molar-refractivity contribution in [2.75, 3.05) is 26.3 Å². The molecule has 4 aromatic rings. The summed E-state index contributed by atoms with van der Waals surface area (Å²) in [6.45, 7) is 6.64. The molecule has 2 aromatic heterocycles. The average Bonchev–Trinajstić information content (AvgIpc) is 3.26. The predicted molar refractivity (Wildman–Crippen MR) is 148 cm³/mol. The minimum Gasteiger partial charge on any atom is -0.469 e. The maximum Gasteiger partial charge on any atom is 0.254 e. The van der Waals surface area contributed by atoms with E-state index in [4.69, 9.17) is 19.7 Å². The molecule has 0 spiro atoms. The lowest BCUT2D eigenvalue weighted by atomic mass is 9.88. The number of amides is 1. The molecular weight excluding hydrogens is 490 g/mol. The molecule has 39 heavy (non-hydrogen) atoms. The fourth-order valence-corrected chi connectivity index (χ4v) is 5.57. The molecule has 0 bridgehead atoms. The summed E-state index contributed by atoms with van der Waals surface area (Å²) >= 11 is 0. The smallest absolute Gasteiger partial charge is 0.254 e. The van der Waals surface area contributed by atoms with Crippen LogP contribution < -0.4 is 4.74 Å². The number of benzene rings is 2. The molecule has 1 amide bonds. The molecule has 2 aliphatic heterocycles. The van der Waals surface area contributed by atoms with E-state index in [1.54, 1.807) is 6.20 Å². The van der Waals surface area contributed by atoms with E-state index in [0.29, 0.717) is 49.2 Å². The van der Waals surface area contributed by atoms with E-state index in [-0.39, 0.29) is 12.0 Å². The van der Waals surface area contributed by atoms with Crippen LogP contribution in [0.5, 0.6) is 5.88 Å². The van der Waals surface area contributed by atoms with Crippen molar-refractivity contribution in [2.45, 2.75) is 38.7 Å². The van der Waals surface area contributed by atoms with Crippen molar-refractivity contribution in [3.63, 3.8) is 0 Å². The van der Waals surface area contributed by atoms with Crippen molar-refractivity contribution in [3.8, 4) is 23.3 Å². The number of nitrogens with zero attached hydrogens (tertiary/aromatic N) is 5. The van der Waals surface area contributed by atoms with Gasteiger partial charge in [-0.3, -0.25) is 4.79 Å². The molecule has 2 aromatic carbocycles. The van der Waals surface area contributed by atoms with Crippen molar-refractivity contribution in [1.29, 1.82) is 5.26 Å². The van der Waals surface area contributed by atoms with Gasteiger partial charge in [0.2, 0.25) is 5.88 Å².